The number of hydrogen-bond donors (Lipinski definition) is 1. The van der Waals surface area contributed by atoms with Crippen LogP contribution in [0, 0.1) is 18.8 Å². The molecule has 0 bridgehead atoms. The zero-order valence-electron chi connectivity index (χ0n) is 7.07. The van der Waals surface area contributed by atoms with Gasteiger partial charge in [0, 0.05) is 31.1 Å². The molecule has 64 valence electrons. The highest BCUT2D eigenvalue weighted by Crippen LogP contribution is 2.51. The van der Waals surface area contributed by atoms with Crippen molar-refractivity contribution in [2.24, 2.45) is 11.8 Å². The summed E-state index contributed by atoms with van der Waals surface area (Å²) in [6.07, 6.45) is 2.04. The first-order chi connectivity index (χ1) is 5.86. The molecule has 1 aromatic heterocycles. The third-order valence-corrected chi connectivity index (χ3v) is 2.98. The second-order valence-corrected chi connectivity index (χ2v) is 3.82. The third-order valence-electron chi connectivity index (χ3n) is 2.98. The molecule has 2 atom stereocenters. The molecule has 4 nitrogen and oxygen atoms in total. The van der Waals surface area contributed by atoms with Crippen molar-refractivity contribution in [2.75, 3.05) is 13.1 Å². The minimum absolute atomic E-state index is 0.646. The summed E-state index contributed by atoms with van der Waals surface area (Å²) in [6, 6.07) is 0.646. The molecule has 0 radical (unpaired) electrons. The number of aryl methyl sites for hydroxylation is 1. The van der Waals surface area contributed by atoms with Crippen LogP contribution in [-0.2, 0) is 0 Å². The Labute approximate surface area is 71.0 Å². The van der Waals surface area contributed by atoms with Crippen molar-refractivity contribution in [3.05, 3.63) is 11.9 Å². The summed E-state index contributed by atoms with van der Waals surface area (Å²) in [5.74, 6) is 1.65. The first kappa shape index (κ1) is 6.60. The van der Waals surface area contributed by atoms with Crippen molar-refractivity contribution in [3.63, 3.8) is 0 Å². The Morgan fingerprint density at radius 1 is 1.50 bits per heavy atom. The van der Waals surface area contributed by atoms with Crippen molar-refractivity contribution < 1.29 is 0 Å². The van der Waals surface area contributed by atoms with E-state index < -0.39 is 0 Å². The Hall–Kier alpha value is -0.900. The standard InChI is InChI=1S/C8H12N4/c1-5-4-12(11-10-5)8-6-2-9-3-7(6)8/h4,6-9H,2-3H2,1H3. The van der Waals surface area contributed by atoms with Crippen LogP contribution in [0.1, 0.15) is 11.7 Å². The highest BCUT2D eigenvalue weighted by atomic mass is 15.5. The Balaban J connectivity index is 1.84. The molecule has 1 aliphatic carbocycles. The molecule has 0 amide bonds. The van der Waals surface area contributed by atoms with Gasteiger partial charge in [0.25, 0.3) is 0 Å². The van der Waals surface area contributed by atoms with Gasteiger partial charge in [0.2, 0.25) is 0 Å². The SMILES string of the molecule is Cc1cn(C2C3CNCC32)nn1. The Kier molecular flexibility index (Phi) is 1.14. The second kappa shape index (κ2) is 2.07. The normalized spacial score (nSPS) is 38.2. The zero-order chi connectivity index (χ0) is 8.13. The van der Waals surface area contributed by atoms with Gasteiger partial charge in [0.05, 0.1) is 11.7 Å². The lowest BCUT2D eigenvalue weighted by Gasteiger charge is -2.02. The largest absolute Gasteiger partial charge is 0.316 e. The Morgan fingerprint density at radius 2 is 2.25 bits per heavy atom. The van der Waals surface area contributed by atoms with Gasteiger partial charge in [-0.15, -0.1) is 5.10 Å². The van der Waals surface area contributed by atoms with E-state index in [0.29, 0.717) is 6.04 Å². The van der Waals surface area contributed by atoms with Gasteiger partial charge in [-0.2, -0.15) is 0 Å². The second-order valence-electron chi connectivity index (χ2n) is 3.82. The van der Waals surface area contributed by atoms with Crippen LogP contribution < -0.4 is 5.32 Å². The van der Waals surface area contributed by atoms with E-state index in [2.05, 4.69) is 15.6 Å². The van der Waals surface area contributed by atoms with Gasteiger partial charge in [-0.1, -0.05) is 5.21 Å². The van der Waals surface area contributed by atoms with Crippen LogP contribution in [0.15, 0.2) is 6.20 Å². The Morgan fingerprint density at radius 3 is 2.83 bits per heavy atom. The molecule has 0 aromatic carbocycles. The molecule has 2 aliphatic rings. The van der Waals surface area contributed by atoms with E-state index in [4.69, 9.17) is 0 Å². The van der Waals surface area contributed by atoms with Crippen LogP contribution in [0.5, 0.6) is 0 Å². The molecule has 12 heavy (non-hydrogen) atoms. The van der Waals surface area contributed by atoms with Crippen LogP contribution in [0.25, 0.3) is 0 Å². The van der Waals surface area contributed by atoms with E-state index >= 15 is 0 Å². The third kappa shape index (κ3) is 0.756. The number of nitrogens with one attached hydrogen (secondary N) is 1. The fraction of sp³-hybridized carbons (Fsp3) is 0.750. The van der Waals surface area contributed by atoms with Crippen LogP contribution >= 0.6 is 0 Å². The van der Waals surface area contributed by atoms with Crippen LogP contribution in [0.3, 0.4) is 0 Å². The molecule has 1 aromatic rings. The smallest absolute Gasteiger partial charge is 0.0796 e. The van der Waals surface area contributed by atoms with Crippen molar-refractivity contribution in [2.45, 2.75) is 13.0 Å². The molecule has 2 heterocycles. The van der Waals surface area contributed by atoms with Gasteiger partial charge in [0.15, 0.2) is 0 Å². The van der Waals surface area contributed by atoms with E-state index in [1.807, 2.05) is 17.8 Å². The van der Waals surface area contributed by atoms with Gasteiger partial charge in [-0.3, -0.25) is 0 Å². The number of fused-ring (bicyclic) bond motifs is 1. The summed E-state index contributed by atoms with van der Waals surface area (Å²) >= 11 is 0. The summed E-state index contributed by atoms with van der Waals surface area (Å²) in [7, 11) is 0. The first-order valence-corrected chi connectivity index (χ1v) is 4.45. The maximum Gasteiger partial charge on any atom is 0.0796 e. The molecule has 1 saturated carbocycles. The first-order valence-electron chi connectivity index (χ1n) is 4.45. The van der Waals surface area contributed by atoms with Crippen LogP contribution in [0.2, 0.25) is 0 Å². The maximum absolute atomic E-state index is 4.10. The van der Waals surface area contributed by atoms with E-state index in [9.17, 15) is 0 Å². The lowest BCUT2D eigenvalue weighted by Crippen LogP contribution is -2.16. The minimum atomic E-state index is 0.646. The summed E-state index contributed by atoms with van der Waals surface area (Å²) in [4.78, 5) is 0. The molecular weight excluding hydrogens is 152 g/mol. The van der Waals surface area contributed by atoms with Gasteiger partial charge < -0.3 is 5.32 Å². The highest BCUT2D eigenvalue weighted by molar-refractivity contribution is 5.08. The molecular formula is C8H12N4. The monoisotopic (exact) mass is 164 g/mol. The van der Waals surface area contributed by atoms with Gasteiger partial charge in [-0.05, 0) is 6.92 Å². The van der Waals surface area contributed by atoms with E-state index in [-0.39, 0.29) is 0 Å². The van der Waals surface area contributed by atoms with Crippen molar-refractivity contribution >= 4 is 0 Å². The molecule has 0 spiro atoms. The van der Waals surface area contributed by atoms with Crippen molar-refractivity contribution in [1.82, 2.24) is 20.3 Å². The molecule has 2 unspecified atom stereocenters. The van der Waals surface area contributed by atoms with E-state index in [1.54, 1.807) is 0 Å². The van der Waals surface area contributed by atoms with Crippen molar-refractivity contribution in [3.8, 4) is 0 Å². The molecule has 4 heteroatoms. The number of nitrogens with zero attached hydrogens (tertiary/aromatic N) is 3. The number of hydrogen-bond acceptors (Lipinski definition) is 3. The molecule has 1 N–H and O–H groups in total. The minimum Gasteiger partial charge on any atom is -0.316 e. The van der Waals surface area contributed by atoms with Crippen molar-refractivity contribution in [1.29, 1.82) is 0 Å². The predicted molar refractivity (Wildman–Crippen MR) is 43.6 cm³/mol. The van der Waals surface area contributed by atoms with E-state index in [0.717, 1.165) is 30.6 Å². The number of rotatable bonds is 1. The summed E-state index contributed by atoms with van der Waals surface area (Å²) in [5.41, 5.74) is 1.02. The predicted octanol–water partition coefficient (Wildman–Crippen LogP) is -0.0232. The topological polar surface area (TPSA) is 42.7 Å². The highest BCUT2D eigenvalue weighted by Gasteiger charge is 2.54. The summed E-state index contributed by atoms with van der Waals surface area (Å²) < 4.78 is 2.03. The van der Waals surface area contributed by atoms with Gasteiger partial charge in [0.1, 0.15) is 0 Å². The van der Waals surface area contributed by atoms with Gasteiger partial charge in [-0.25, -0.2) is 4.68 Å². The molecule has 2 fully saturated rings. The molecule has 1 saturated heterocycles. The lowest BCUT2D eigenvalue weighted by atomic mass is 10.4. The quantitative estimate of drug-likeness (QED) is 0.634. The molecule has 3 rings (SSSR count). The van der Waals surface area contributed by atoms with Crippen LogP contribution in [0.4, 0.5) is 0 Å². The number of piperidine rings is 1. The average molecular weight is 164 g/mol. The van der Waals surface area contributed by atoms with Gasteiger partial charge >= 0.3 is 0 Å². The fourth-order valence-corrected chi connectivity index (χ4v) is 2.29. The Bertz CT molecular complexity index is 296. The fourth-order valence-electron chi connectivity index (χ4n) is 2.29. The summed E-state index contributed by atoms with van der Waals surface area (Å²) in [6.45, 7) is 4.31. The number of aromatic nitrogens is 3. The lowest BCUT2D eigenvalue weighted by molar-refractivity contribution is 0.509. The molecule has 1 aliphatic heterocycles. The average Bonchev–Trinajstić information content (AvgIpc) is 2.55. The van der Waals surface area contributed by atoms with E-state index in [1.165, 1.54) is 0 Å². The maximum atomic E-state index is 4.10. The zero-order valence-corrected chi connectivity index (χ0v) is 7.07. The van der Waals surface area contributed by atoms with Crippen LogP contribution in [-0.4, -0.2) is 28.1 Å². The summed E-state index contributed by atoms with van der Waals surface area (Å²) in [5, 5.41) is 11.5.